The SMILES string of the molecule is CC(=O)c1cc(C)c(Cl)cc1C(F)(F)F. The summed E-state index contributed by atoms with van der Waals surface area (Å²) in [7, 11) is 0. The van der Waals surface area contributed by atoms with Crippen molar-refractivity contribution < 1.29 is 18.0 Å². The number of aryl methyl sites for hydroxylation is 1. The van der Waals surface area contributed by atoms with E-state index < -0.39 is 17.5 Å². The molecular weight excluding hydrogens is 229 g/mol. The van der Waals surface area contributed by atoms with Gasteiger partial charge in [-0.2, -0.15) is 13.2 Å². The van der Waals surface area contributed by atoms with E-state index in [9.17, 15) is 18.0 Å². The summed E-state index contributed by atoms with van der Waals surface area (Å²) >= 11 is 5.59. The summed E-state index contributed by atoms with van der Waals surface area (Å²) < 4.78 is 37.5. The van der Waals surface area contributed by atoms with Crippen molar-refractivity contribution in [2.75, 3.05) is 0 Å². The Morgan fingerprint density at radius 1 is 1.33 bits per heavy atom. The Labute approximate surface area is 89.9 Å². The van der Waals surface area contributed by atoms with Gasteiger partial charge in [0, 0.05) is 10.6 Å². The lowest BCUT2D eigenvalue weighted by atomic mass is 10.0. The summed E-state index contributed by atoms with van der Waals surface area (Å²) in [6.45, 7) is 2.65. The van der Waals surface area contributed by atoms with Crippen molar-refractivity contribution in [3.05, 3.63) is 33.8 Å². The first-order chi connectivity index (χ1) is 6.73. The predicted molar refractivity (Wildman–Crippen MR) is 51.2 cm³/mol. The normalized spacial score (nSPS) is 11.6. The third kappa shape index (κ3) is 2.50. The molecule has 5 heteroatoms. The lowest BCUT2D eigenvalue weighted by molar-refractivity contribution is -0.137. The molecule has 0 spiro atoms. The average Bonchev–Trinajstić information content (AvgIpc) is 2.06. The third-order valence-corrected chi connectivity index (χ3v) is 2.39. The van der Waals surface area contributed by atoms with Crippen LogP contribution in [0.2, 0.25) is 5.02 Å². The molecule has 0 saturated carbocycles. The molecule has 0 amide bonds. The molecule has 82 valence electrons. The van der Waals surface area contributed by atoms with Crippen molar-refractivity contribution in [1.82, 2.24) is 0 Å². The van der Waals surface area contributed by atoms with Gasteiger partial charge < -0.3 is 0 Å². The number of carbonyl (C=O) groups is 1. The van der Waals surface area contributed by atoms with Crippen LogP contribution >= 0.6 is 11.6 Å². The Morgan fingerprint density at radius 2 is 1.87 bits per heavy atom. The lowest BCUT2D eigenvalue weighted by Crippen LogP contribution is -2.12. The fourth-order valence-electron chi connectivity index (χ4n) is 1.21. The summed E-state index contributed by atoms with van der Waals surface area (Å²) in [5, 5.41) is 0.00678. The molecule has 0 N–H and O–H groups in total. The van der Waals surface area contributed by atoms with Crippen LogP contribution in [0.5, 0.6) is 0 Å². The number of benzene rings is 1. The summed E-state index contributed by atoms with van der Waals surface area (Å²) in [5.74, 6) is -0.623. The Bertz CT molecular complexity index is 410. The number of rotatable bonds is 1. The molecule has 1 aromatic rings. The monoisotopic (exact) mass is 236 g/mol. The average molecular weight is 237 g/mol. The highest BCUT2D eigenvalue weighted by molar-refractivity contribution is 6.31. The van der Waals surface area contributed by atoms with Crippen LogP contribution in [-0.2, 0) is 6.18 Å². The van der Waals surface area contributed by atoms with E-state index in [-0.39, 0.29) is 10.6 Å². The summed E-state index contributed by atoms with van der Waals surface area (Å²) in [6.07, 6.45) is -4.56. The molecule has 0 unspecified atom stereocenters. The fourth-order valence-corrected chi connectivity index (χ4v) is 1.37. The maximum Gasteiger partial charge on any atom is 0.417 e. The van der Waals surface area contributed by atoms with Gasteiger partial charge in [-0.15, -0.1) is 0 Å². The first-order valence-corrected chi connectivity index (χ1v) is 4.49. The summed E-state index contributed by atoms with van der Waals surface area (Å²) in [6, 6.07) is 1.95. The van der Waals surface area contributed by atoms with Crippen LogP contribution in [0.15, 0.2) is 12.1 Å². The summed E-state index contributed by atoms with van der Waals surface area (Å²) in [4.78, 5) is 11.0. The molecule has 1 nitrogen and oxygen atoms in total. The van der Waals surface area contributed by atoms with Crippen LogP contribution in [-0.4, -0.2) is 5.78 Å². The second-order valence-corrected chi connectivity index (χ2v) is 3.61. The van der Waals surface area contributed by atoms with Crippen LogP contribution in [0.3, 0.4) is 0 Å². The van der Waals surface area contributed by atoms with Crippen molar-refractivity contribution in [1.29, 1.82) is 0 Å². The molecule has 0 aliphatic carbocycles. The van der Waals surface area contributed by atoms with Crippen LogP contribution in [0.4, 0.5) is 13.2 Å². The summed E-state index contributed by atoms with van der Waals surface area (Å²) in [5.41, 5.74) is -0.870. The molecule has 1 aromatic carbocycles. The largest absolute Gasteiger partial charge is 0.417 e. The molecule has 0 fully saturated rings. The maximum absolute atomic E-state index is 12.5. The van der Waals surface area contributed by atoms with Gasteiger partial charge in [-0.05, 0) is 31.5 Å². The highest BCUT2D eigenvalue weighted by atomic mass is 35.5. The Balaban J connectivity index is 3.49. The van der Waals surface area contributed by atoms with Crippen molar-refractivity contribution in [2.24, 2.45) is 0 Å². The second-order valence-electron chi connectivity index (χ2n) is 3.20. The van der Waals surface area contributed by atoms with Crippen molar-refractivity contribution >= 4 is 17.4 Å². The lowest BCUT2D eigenvalue weighted by Gasteiger charge is -2.12. The van der Waals surface area contributed by atoms with Crippen LogP contribution in [0, 0.1) is 6.92 Å². The molecule has 0 saturated heterocycles. The van der Waals surface area contributed by atoms with E-state index in [0.717, 1.165) is 19.1 Å². The molecule has 0 heterocycles. The first-order valence-electron chi connectivity index (χ1n) is 4.11. The van der Waals surface area contributed by atoms with E-state index in [1.54, 1.807) is 6.92 Å². The molecule has 1 rings (SSSR count). The fraction of sp³-hybridized carbons (Fsp3) is 0.300. The number of Topliss-reactive ketones (excluding diaryl/α,β-unsaturated/α-hetero) is 1. The van der Waals surface area contributed by atoms with E-state index in [0.29, 0.717) is 5.56 Å². The number of ketones is 1. The maximum atomic E-state index is 12.5. The molecule has 0 aliphatic heterocycles. The van der Waals surface area contributed by atoms with Crippen molar-refractivity contribution in [2.45, 2.75) is 20.0 Å². The molecule has 15 heavy (non-hydrogen) atoms. The van der Waals surface area contributed by atoms with Gasteiger partial charge in [0.1, 0.15) is 0 Å². The van der Waals surface area contributed by atoms with Crippen molar-refractivity contribution in [3.63, 3.8) is 0 Å². The Hall–Kier alpha value is -1.03. The highest BCUT2D eigenvalue weighted by Gasteiger charge is 2.35. The quantitative estimate of drug-likeness (QED) is 0.677. The number of hydrogen-bond acceptors (Lipinski definition) is 1. The molecule has 0 bridgehead atoms. The zero-order chi connectivity index (χ0) is 11.8. The van der Waals surface area contributed by atoms with Gasteiger partial charge >= 0.3 is 6.18 Å². The predicted octanol–water partition coefficient (Wildman–Crippen LogP) is 3.87. The second kappa shape index (κ2) is 3.85. The van der Waals surface area contributed by atoms with Gasteiger partial charge in [0.15, 0.2) is 5.78 Å². The van der Waals surface area contributed by atoms with Crippen LogP contribution < -0.4 is 0 Å². The molecule has 0 aliphatic rings. The van der Waals surface area contributed by atoms with Gasteiger partial charge in [0.25, 0.3) is 0 Å². The molecule has 0 aromatic heterocycles. The zero-order valence-corrected chi connectivity index (χ0v) is 8.83. The number of hydrogen-bond donors (Lipinski definition) is 0. The van der Waals surface area contributed by atoms with Crippen molar-refractivity contribution in [3.8, 4) is 0 Å². The highest BCUT2D eigenvalue weighted by Crippen LogP contribution is 2.35. The van der Waals surface area contributed by atoms with Gasteiger partial charge in [-0.3, -0.25) is 4.79 Å². The standard InChI is InChI=1S/C10H8ClF3O/c1-5-3-7(6(2)15)8(4-9(5)11)10(12,13)14/h3-4H,1-2H3. The van der Waals surface area contributed by atoms with Gasteiger partial charge in [-0.1, -0.05) is 11.6 Å². The van der Waals surface area contributed by atoms with Gasteiger partial charge in [-0.25, -0.2) is 0 Å². The Kier molecular flexibility index (Phi) is 3.09. The molecule has 0 atom stereocenters. The topological polar surface area (TPSA) is 17.1 Å². The first kappa shape index (κ1) is 12.0. The van der Waals surface area contributed by atoms with Gasteiger partial charge in [0.05, 0.1) is 5.56 Å². The number of alkyl halides is 3. The van der Waals surface area contributed by atoms with E-state index in [1.165, 1.54) is 0 Å². The molecular formula is C10H8ClF3O. The molecule has 0 radical (unpaired) electrons. The smallest absolute Gasteiger partial charge is 0.294 e. The number of carbonyl (C=O) groups excluding carboxylic acids is 1. The minimum atomic E-state index is -4.56. The zero-order valence-electron chi connectivity index (χ0n) is 8.07. The van der Waals surface area contributed by atoms with Crippen LogP contribution in [0.1, 0.15) is 28.4 Å². The minimum Gasteiger partial charge on any atom is -0.294 e. The van der Waals surface area contributed by atoms with Gasteiger partial charge in [0.2, 0.25) is 0 Å². The van der Waals surface area contributed by atoms with Crippen LogP contribution in [0.25, 0.3) is 0 Å². The van der Waals surface area contributed by atoms with E-state index in [2.05, 4.69) is 0 Å². The number of halogens is 4. The minimum absolute atomic E-state index is 0.00678. The third-order valence-electron chi connectivity index (χ3n) is 1.98. The van der Waals surface area contributed by atoms with E-state index in [4.69, 9.17) is 11.6 Å². The Morgan fingerprint density at radius 3 is 2.27 bits per heavy atom. The van der Waals surface area contributed by atoms with E-state index >= 15 is 0 Å². The van der Waals surface area contributed by atoms with E-state index in [1.807, 2.05) is 0 Å².